The Morgan fingerprint density at radius 2 is 2.25 bits per heavy atom. The Morgan fingerprint density at radius 3 is 3.05 bits per heavy atom. The summed E-state index contributed by atoms with van der Waals surface area (Å²) >= 11 is 5.97. The molecule has 1 N–H and O–H groups in total. The van der Waals surface area contributed by atoms with Gasteiger partial charge in [-0.05, 0) is 50.7 Å². The van der Waals surface area contributed by atoms with Crippen molar-refractivity contribution in [2.45, 2.75) is 12.8 Å². The Balaban J connectivity index is 1.77. The van der Waals surface area contributed by atoms with Gasteiger partial charge in [0.1, 0.15) is 0 Å². The number of likely N-dealkylation sites (tertiary alicyclic amines) is 1. The number of nitrogens with zero attached hydrogens (tertiary/aromatic N) is 2. The zero-order valence-corrected chi connectivity index (χ0v) is 12.2. The number of rotatable bonds is 2. The second-order valence-corrected chi connectivity index (χ2v) is 5.90. The number of nitrogens with one attached hydrogen (secondary N) is 1. The minimum absolute atomic E-state index is 0.0681. The van der Waals surface area contributed by atoms with Crippen molar-refractivity contribution in [3.63, 3.8) is 0 Å². The van der Waals surface area contributed by atoms with Crippen molar-refractivity contribution >= 4 is 28.4 Å². The summed E-state index contributed by atoms with van der Waals surface area (Å²) in [6.07, 6.45) is 3.91. The van der Waals surface area contributed by atoms with Gasteiger partial charge < -0.3 is 4.90 Å². The number of amides is 1. The molecule has 5 heteroatoms. The summed E-state index contributed by atoms with van der Waals surface area (Å²) in [5.74, 6) is 0.155. The van der Waals surface area contributed by atoms with E-state index in [1.54, 1.807) is 4.68 Å². The maximum Gasteiger partial charge on any atom is 0.243 e. The molecule has 0 aliphatic carbocycles. The molecule has 1 amide bonds. The minimum Gasteiger partial charge on any atom is -0.306 e. The standard InChI is InChI=1S/C15H18ClN3O/c1-18-7-2-3-12(10-18)15(20)17-19-8-6-11-9-13(16)4-5-14(11)19/h4-6,8-9,12H,2-3,7,10H2,1H3,(H,17,20). The second kappa shape index (κ2) is 5.46. The van der Waals surface area contributed by atoms with Crippen LogP contribution in [0.5, 0.6) is 0 Å². The van der Waals surface area contributed by atoms with Crippen LogP contribution in [0.3, 0.4) is 0 Å². The summed E-state index contributed by atoms with van der Waals surface area (Å²) in [5, 5.41) is 1.73. The lowest BCUT2D eigenvalue weighted by atomic mass is 9.98. The number of piperidine rings is 1. The lowest BCUT2D eigenvalue weighted by molar-refractivity contribution is -0.122. The number of hydrogen-bond acceptors (Lipinski definition) is 2. The average molecular weight is 292 g/mol. The molecule has 0 saturated carbocycles. The van der Waals surface area contributed by atoms with Crippen LogP contribution in [0.1, 0.15) is 12.8 Å². The quantitative estimate of drug-likeness (QED) is 0.924. The first kappa shape index (κ1) is 13.5. The Labute approximate surface area is 123 Å². The molecule has 106 valence electrons. The predicted molar refractivity (Wildman–Crippen MR) is 81.5 cm³/mol. The van der Waals surface area contributed by atoms with Crippen molar-refractivity contribution in [1.29, 1.82) is 0 Å². The molecule has 1 aromatic carbocycles. The molecule has 4 nitrogen and oxygen atoms in total. The molecule has 2 heterocycles. The first-order chi connectivity index (χ1) is 9.63. The fourth-order valence-electron chi connectivity index (χ4n) is 2.80. The predicted octanol–water partition coefficient (Wildman–Crippen LogP) is 2.71. The highest BCUT2D eigenvalue weighted by atomic mass is 35.5. The normalized spacial score (nSPS) is 20.2. The van der Waals surface area contributed by atoms with Crippen molar-refractivity contribution in [1.82, 2.24) is 9.58 Å². The van der Waals surface area contributed by atoms with E-state index in [2.05, 4.69) is 17.4 Å². The van der Waals surface area contributed by atoms with Crippen LogP contribution in [0.25, 0.3) is 10.9 Å². The van der Waals surface area contributed by atoms with Crippen molar-refractivity contribution in [3.05, 3.63) is 35.5 Å². The highest BCUT2D eigenvalue weighted by molar-refractivity contribution is 6.31. The zero-order chi connectivity index (χ0) is 14.1. The fourth-order valence-corrected chi connectivity index (χ4v) is 2.98. The molecule has 1 aromatic heterocycles. The summed E-state index contributed by atoms with van der Waals surface area (Å²) in [6.45, 7) is 1.91. The molecule has 1 saturated heterocycles. The highest BCUT2D eigenvalue weighted by Crippen LogP contribution is 2.20. The number of halogens is 1. The van der Waals surface area contributed by atoms with E-state index < -0.39 is 0 Å². The van der Waals surface area contributed by atoms with Gasteiger partial charge >= 0.3 is 0 Å². The smallest absolute Gasteiger partial charge is 0.243 e. The Kier molecular flexibility index (Phi) is 3.68. The number of benzene rings is 1. The third kappa shape index (κ3) is 2.67. The van der Waals surface area contributed by atoms with Crippen LogP contribution in [0.2, 0.25) is 5.02 Å². The monoisotopic (exact) mass is 291 g/mol. The Morgan fingerprint density at radius 1 is 1.40 bits per heavy atom. The van der Waals surface area contributed by atoms with Gasteiger partial charge in [-0.3, -0.25) is 14.9 Å². The van der Waals surface area contributed by atoms with Crippen LogP contribution in [-0.4, -0.2) is 35.6 Å². The van der Waals surface area contributed by atoms with Crippen LogP contribution in [0.15, 0.2) is 30.5 Å². The molecule has 2 aromatic rings. The summed E-state index contributed by atoms with van der Waals surface area (Å²) in [4.78, 5) is 14.5. The molecule has 0 radical (unpaired) electrons. The molecular weight excluding hydrogens is 274 g/mol. The van der Waals surface area contributed by atoms with E-state index in [1.807, 2.05) is 30.5 Å². The summed E-state index contributed by atoms with van der Waals surface area (Å²) in [5.41, 5.74) is 3.95. The average Bonchev–Trinajstić information content (AvgIpc) is 2.81. The van der Waals surface area contributed by atoms with Crippen LogP contribution in [0.4, 0.5) is 0 Å². The van der Waals surface area contributed by atoms with Crippen molar-refractivity contribution < 1.29 is 4.79 Å². The summed E-state index contributed by atoms with van der Waals surface area (Å²) < 4.78 is 1.78. The van der Waals surface area contributed by atoms with Crippen LogP contribution >= 0.6 is 11.6 Å². The molecule has 0 spiro atoms. The molecule has 20 heavy (non-hydrogen) atoms. The van der Waals surface area contributed by atoms with E-state index in [9.17, 15) is 4.79 Å². The van der Waals surface area contributed by atoms with Crippen LogP contribution in [-0.2, 0) is 4.79 Å². The summed E-state index contributed by atoms with van der Waals surface area (Å²) in [7, 11) is 2.06. The first-order valence-electron chi connectivity index (χ1n) is 6.89. The van der Waals surface area contributed by atoms with Gasteiger partial charge in [0, 0.05) is 23.2 Å². The second-order valence-electron chi connectivity index (χ2n) is 5.47. The van der Waals surface area contributed by atoms with Gasteiger partial charge in [-0.15, -0.1) is 0 Å². The van der Waals surface area contributed by atoms with Gasteiger partial charge in [-0.25, -0.2) is 0 Å². The zero-order valence-electron chi connectivity index (χ0n) is 11.5. The van der Waals surface area contributed by atoms with Crippen molar-refractivity contribution in [3.8, 4) is 0 Å². The van der Waals surface area contributed by atoms with Gasteiger partial charge in [0.2, 0.25) is 5.91 Å². The first-order valence-corrected chi connectivity index (χ1v) is 7.27. The van der Waals surface area contributed by atoms with Gasteiger partial charge in [-0.2, -0.15) is 0 Å². The third-order valence-corrected chi connectivity index (χ3v) is 4.11. The molecule has 0 bridgehead atoms. The molecular formula is C15H18ClN3O. The number of aromatic nitrogens is 1. The van der Waals surface area contributed by atoms with Gasteiger partial charge in [0.15, 0.2) is 0 Å². The van der Waals surface area contributed by atoms with E-state index in [-0.39, 0.29) is 11.8 Å². The number of carbonyl (C=O) groups is 1. The Hall–Kier alpha value is -1.52. The van der Waals surface area contributed by atoms with Crippen LogP contribution < -0.4 is 5.43 Å². The topological polar surface area (TPSA) is 37.3 Å². The van der Waals surface area contributed by atoms with E-state index in [0.29, 0.717) is 5.02 Å². The Bertz CT molecular complexity index is 637. The highest BCUT2D eigenvalue weighted by Gasteiger charge is 2.24. The minimum atomic E-state index is 0.0681. The van der Waals surface area contributed by atoms with Crippen molar-refractivity contribution in [2.75, 3.05) is 25.6 Å². The van der Waals surface area contributed by atoms with E-state index in [0.717, 1.165) is 36.8 Å². The SMILES string of the molecule is CN1CCCC(C(=O)Nn2ccc3cc(Cl)ccc32)C1. The fraction of sp³-hybridized carbons (Fsp3) is 0.400. The van der Waals surface area contributed by atoms with Crippen molar-refractivity contribution in [2.24, 2.45) is 5.92 Å². The maximum atomic E-state index is 12.3. The summed E-state index contributed by atoms with van der Waals surface area (Å²) in [6, 6.07) is 7.61. The molecule has 1 aliphatic rings. The van der Waals surface area contributed by atoms with Gasteiger partial charge in [0.05, 0.1) is 11.4 Å². The number of hydrogen-bond donors (Lipinski definition) is 1. The number of carbonyl (C=O) groups excluding carboxylic acids is 1. The lowest BCUT2D eigenvalue weighted by Crippen LogP contribution is -2.40. The maximum absolute atomic E-state index is 12.3. The van der Waals surface area contributed by atoms with E-state index >= 15 is 0 Å². The van der Waals surface area contributed by atoms with Gasteiger partial charge in [-0.1, -0.05) is 11.6 Å². The van der Waals surface area contributed by atoms with E-state index in [1.165, 1.54) is 0 Å². The molecule has 1 aliphatic heterocycles. The van der Waals surface area contributed by atoms with E-state index in [4.69, 9.17) is 11.6 Å². The lowest BCUT2D eigenvalue weighted by Gasteiger charge is -2.28. The van der Waals surface area contributed by atoms with Gasteiger partial charge in [0.25, 0.3) is 0 Å². The molecule has 1 atom stereocenters. The third-order valence-electron chi connectivity index (χ3n) is 3.88. The molecule has 3 rings (SSSR count). The molecule has 1 unspecified atom stereocenters. The largest absolute Gasteiger partial charge is 0.306 e. The molecule has 1 fully saturated rings. The van der Waals surface area contributed by atoms with Crippen LogP contribution in [0, 0.1) is 5.92 Å². The number of fused-ring (bicyclic) bond motifs is 1.